The number of aromatic nitrogens is 4. The zero-order valence-corrected chi connectivity index (χ0v) is 21.7. The first-order valence-corrected chi connectivity index (χ1v) is 14.2. The van der Waals surface area contributed by atoms with E-state index in [-0.39, 0.29) is 40.9 Å². The second kappa shape index (κ2) is 11.7. The van der Waals surface area contributed by atoms with Gasteiger partial charge in [-0.25, -0.2) is 8.42 Å². The monoisotopic (exact) mass is 546 g/mol. The van der Waals surface area contributed by atoms with Crippen LogP contribution in [0.25, 0.3) is 5.69 Å². The van der Waals surface area contributed by atoms with Crippen LogP contribution in [0.15, 0.2) is 47.9 Å². The third-order valence-corrected chi connectivity index (χ3v) is 8.21. The Morgan fingerprint density at radius 2 is 2.03 bits per heavy atom. The van der Waals surface area contributed by atoms with Crippen molar-refractivity contribution in [1.29, 1.82) is 0 Å². The summed E-state index contributed by atoms with van der Waals surface area (Å²) in [6.07, 6.45) is -10.3. The number of rotatable bonds is 7. The lowest BCUT2D eigenvalue weighted by Crippen LogP contribution is -2.40. The minimum Gasteiger partial charge on any atom is -0.486 e. The van der Waals surface area contributed by atoms with E-state index in [2.05, 4.69) is 27.0 Å². The van der Waals surface area contributed by atoms with Gasteiger partial charge in [0.15, 0.2) is 20.8 Å². The number of ether oxygens (including phenoxy) is 1. The van der Waals surface area contributed by atoms with Crippen LogP contribution in [-0.4, -0.2) is 69.4 Å². The van der Waals surface area contributed by atoms with Gasteiger partial charge in [0, 0.05) is 42.4 Å². The van der Waals surface area contributed by atoms with Crippen LogP contribution in [0.1, 0.15) is 54.8 Å². The lowest BCUT2D eigenvalue weighted by atomic mass is 10.1. The van der Waals surface area contributed by atoms with Crippen LogP contribution >= 0.6 is 11.8 Å². The van der Waals surface area contributed by atoms with Crippen LogP contribution in [0, 0.1) is 18.8 Å². The fraction of sp³-hybridized carbons (Fsp3) is 0.444. The van der Waals surface area contributed by atoms with Gasteiger partial charge in [-0.15, -0.1) is 10.2 Å². The van der Waals surface area contributed by atoms with Crippen LogP contribution in [0.5, 0.6) is 5.75 Å². The zero-order chi connectivity index (χ0) is 33.8. The molecular weight excluding hydrogens is 506 g/mol. The molecule has 8 nitrogen and oxygen atoms in total. The number of hydrogen-bond donors (Lipinski definition) is 0. The summed E-state index contributed by atoms with van der Waals surface area (Å²) in [5, 5.41) is 5.04. The molecule has 1 aliphatic heterocycles. The van der Waals surface area contributed by atoms with Crippen molar-refractivity contribution in [2.75, 3.05) is 31.1 Å². The molecule has 1 aliphatic carbocycles. The van der Waals surface area contributed by atoms with Gasteiger partial charge in [-0.1, -0.05) is 36.3 Å². The Bertz CT molecular complexity index is 1750. The maximum Gasteiger partial charge on any atom is 0.196 e. The van der Waals surface area contributed by atoms with Crippen LogP contribution in [0.3, 0.4) is 0 Å². The van der Waals surface area contributed by atoms with E-state index in [0.717, 1.165) is 11.1 Å². The number of nitrogens with zero attached hydrogens (tertiary/aromatic N) is 5. The molecule has 0 amide bonds. The zero-order valence-electron chi connectivity index (χ0n) is 29.1. The van der Waals surface area contributed by atoms with E-state index >= 15 is 0 Å². The number of sulfone groups is 1. The molecule has 5 rings (SSSR count). The van der Waals surface area contributed by atoms with Crippen molar-refractivity contribution in [1.82, 2.24) is 24.6 Å². The molecule has 0 radical (unpaired) electrons. The third kappa shape index (κ3) is 6.72. The lowest BCUT2D eigenvalue weighted by Gasteiger charge is -2.24. The summed E-state index contributed by atoms with van der Waals surface area (Å²) in [7, 11) is -2.96. The maximum absolute atomic E-state index is 11.6. The van der Waals surface area contributed by atoms with E-state index in [1.165, 1.54) is 17.0 Å². The van der Waals surface area contributed by atoms with Gasteiger partial charge in [-0.3, -0.25) is 14.5 Å². The molecule has 3 aromatic rings. The predicted molar refractivity (Wildman–Crippen MR) is 145 cm³/mol. The average Bonchev–Trinajstić information content (AvgIpc) is 3.41. The second-order valence-corrected chi connectivity index (χ2v) is 11.7. The SMILES string of the molecule is [2H]C1([2H])C([2H])([2H])C([2H])([2H])C([2H])(Sc2nnc(COc3ccc(C#CCN4CCS(=O)(=O)CC4)c(C)c3)n2-c2cccnc2)C1([2H])[2H]. The molecular formula is C27H31N5O3S2. The van der Waals surface area contributed by atoms with Crippen molar-refractivity contribution >= 4 is 21.6 Å². The molecule has 2 aromatic heterocycles. The highest BCUT2D eigenvalue weighted by molar-refractivity contribution is 7.99. The van der Waals surface area contributed by atoms with Crippen LogP contribution in [0.2, 0.25) is 0 Å². The smallest absolute Gasteiger partial charge is 0.196 e. The van der Waals surface area contributed by atoms with Gasteiger partial charge in [0.2, 0.25) is 0 Å². The van der Waals surface area contributed by atoms with Gasteiger partial charge >= 0.3 is 0 Å². The van der Waals surface area contributed by atoms with Gasteiger partial charge in [0.05, 0.1) is 29.9 Å². The summed E-state index contributed by atoms with van der Waals surface area (Å²) >= 11 is 0.252. The summed E-state index contributed by atoms with van der Waals surface area (Å²) in [5.41, 5.74) is 1.99. The molecule has 3 heterocycles. The first-order valence-electron chi connectivity index (χ1n) is 16.0. The Morgan fingerprint density at radius 3 is 2.76 bits per heavy atom. The van der Waals surface area contributed by atoms with Crippen molar-refractivity contribution < 1.29 is 25.5 Å². The Kier molecular flexibility index (Phi) is 5.32. The van der Waals surface area contributed by atoms with Crippen molar-refractivity contribution in [3.05, 3.63) is 59.7 Å². The molecule has 1 aromatic carbocycles. The molecule has 37 heavy (non-hydrogen) atoms. The fourth-order valence-electron chi connectivity index (χ4n) is 3.72. The highest BCUT2D eigenvalue weighted by Crippen LogP contribution is 2.35. The maximum atomic E-state index is 11.6. The highest BCUT2D eigenvalue weighted by Gasteiger charge is 2.23. The van der Waals surface area contributed by atoms with Gasteiger partial charge < -0.3 is 4.74 Å². The quantitative estimate of drug-likeness (QED) is 0.415. The molecule has 0 bridgehead atoms. The summed E-state index contributed by atoms with van der Waals surface area (Å²) in [6, 6.07) is 8.55. The Balaban J connectivity index is 1.37. The van der Waals surface area contributed by atoms with Crippen LogP contribution in [-0.2, 0) is 16.4 Å². The van der Waals surface area contributed by atoms with Gasteiger partial charge in [-0.2, -0.15) is 0 Å². The molecule has 194 valence electrons. The highest BCUT2D eigenvalue weighted by atomic mass is 32.2. The summed E-state index contributed by atoms with van der Waals surface area (Å²) in [4.78, 5) is 6.09. The average molecular weight is 547 g/mol. The molecule has 2 fully saturated rings. The van der Waals surface area contributed by atoms with E-state index in [1.807, 2.05) is 11.8 Å². The standard InChI is InChI=1S/C27H31N5O3S2/c1-21-18-24(11-10-22(21)6-5-13-31-14-16-37(33,34)17-15-31)35-20-26-29-30-27(36-25-8-2-3-9-25)32(26)23-7-4-12-28-19-23/h4,7,10-12,18-19,25H,2-3,8-9,13-17,20H2,1H3/i2D2,3D2,8D2,9D2,25D. The van der Waals surface area contributed by atoms with Crippen molar-refractivity contribution in [2.45, 2.75) is 49.4 Å². The number of thioether (sulfide) groups is 1. The van der Waals surface area contributed by atoms with Crippen molar-refractivity contribution in [3.63, 3.8) is 0 Å². The number of aryl methyl sites for hydroxylation is 1. The van der Waals surface area contributed by atoms with Crippen LogP contribution < -0.4 is 4.74 Å². The Morgan fingerprint density at radius 1 is 1.22 bits per heavy atom. The van der Waals surface area contributed by atoms with Crippen LogP contribution in [0.4, 0.5) is 0 Å². The molecule has 2 aliphatic rings. The molecule has 1 saturated carbocycles. The topological polar surface area (TPSA) is 90.2 Å². The third-order valence-electron chi connectivity index (χ3n) is 5.74. The van der Waals surface area contributed by atoms with E-state index in [9.17, 15) is 8.42 Å². The molecule has 10 heteroatoms. The van der Waals surface area contributed by atoms with E-state index in [4.69, 9.17) is 17.1 Å². The lowest BCUT2D eigenvalue weighted by molar-refractivity contribution is 0.292. The van der Waals surface area contributed by atoms with Gasteiger partial charge in [0.25, 0.3) is 0 Å². The van der Waals surface area contributed by atoms with Gasteiger partial charge in [-0.05, 0) is 55.6 Å². The molecule has 0 atom stereocenters. The Labute approximate surface area is 235 Å². The van der Waals surface area contributed by atoms with E-state index < -0.39 is 40.6 Å². The molecule has 0 unspecified atom stereocenters. The fourth-order valence-corrected chi connectivity index (χ4v) is 5.77. The van der Waals surface area contributed by atoms with E-state index in [1.54, 1.807) is 30.3 Å². The summed E-state index contributed by atoms with van der Waals surface area (Å²) in [5.74, 6) is 7.14. The molecule has 0 N–H and O–H groups in total. The van der Waals surface area contributed by atoms with Gasteiger partial charge in [0.1, 0.15) is 12.4 Å². The summed E-state index contributed by atoms with van der Waals surface area (Å²) < 4.78 is 106. The largest absolute Gasteiger partial charge is 0.486 e. The Hall–Kier alpha value is -2.87. The molecule has 1 saturated heterocycles. The number of hydrogen-bond acceptors (Lipinski definition) is 8. The molecule has 0 spiro atoms. The van der Waals surface area contributed by atoms with E-state index in [0.29, 0.717) is 31.1 Å². The predicted octanol–water partition coefficient (Wildman–Crippen LogP) is 3.67. The number of benzene rings is 1. The first-order chi connectivity index (χ1) is 21.3. The van der Waals surface area contributed by atoms with Crippen molar-refractivity contribution in [2.24, 2.45) is 0 Å². The normalized spacial score (nSPS) is 27.8. The summed E-state index contributed by atoms with van der Waals surface area (Å²) in [6.45, 7) is 3.08. The minimum absolute atomic E-state index is 0.136. The second-order valence-electron chi connectivity index (χ2n) is 8.37. The number of pyridine rings is 1. The first kappa shape index (κ1) is 16.9. The minimum atomic E-state index is -3.34. The van der Waals surface area contributed by atoms with Crippen molar-refractivity contribution in [3.8, 4) is 23.3 Å².